The molecule has 0 unspecified atom stereocenters. The zero-order valence-corrected chi connectivity index (χ0v) is 17.9. The van der Waals surface area contributed by atoms with E-state index in [4.69, 9.17) is 0 Å². The molecule has 0 spiro atoms. The molecule has 5 nitrogen and oxygen atoms in total. The van der Waals surface area contributed by atoms with E-state index in [9.17, 15) is 13.2 Å². The number of hydrogen-bond acceptors (Lipinski definition) is 4. The molecule has 1 saturated carbocycles. The quantitative estimate of drug-likeness (QED) is 0.736. The number of nitrogens with zero attached hydrogens (tertiary/aromatic N) is 1. The predicted octanol–water partition coefficient (Wildman–Crippen LogP) is 4.01. The van der Waals surface area contributed by atoms with Crippen LogP contribution in [0.5, 0.6) is 0 Å². The fourth-order valence-electron chi connectivity index (χ4n) is 4.36. The maximum Gasteiger partial charge on any atom is 0.250 e. The Balaban J connectivity index is 1.43. The molecular weight excluding hydrogens is 380 g/mol. The van der Waals surface area contributed by atoms with E-state index in [0.29, 0.717) is 36.0 Å². The summed E-state index contributed by atoms with van der Waals surface area (Å²) < 4.78 is 27.9. The molecule has 1 amide bonds. The fourth-order valence-corrected chi connectivity index (χ4v) is 6.68. The molecule has 1 N–H and O–H groups in total. The third-order valence-electron chi connectivity index (χ3n) is 6.05. The molecule has 1 aliphatic carbocycles. The first-order valence-electron chi connectivity index (χ1n) is 10.3. The van der Waals surface area contributed by atoms with Gasteiger partial charge in [-0.15, -0.1) is 11.3 Å². The van der Waals surface area contributed by atoms with Crippen LogP contribution in [0.1, 0.15) is 64.7 Å². The smallest absolute Gasteiger partial charge is 0.250 e. The van der Waals surface area contributed by atoms with Crippen LogP contribution in [-0.4, -0.2) is 38.4 Å². The first-order chi connectivity index (χ1) is 13.0. The summed E-state index contributed by atoms with van der Waals surface area (Å²) >= 11 is 1.23. The molecule has 2 fully saturated rings. The molecule has 2 aliphatic rings. The van der Waals surface area contributed by atoms with Crippen molar-refractivity contribution in [2.24, 2.45) is 11.8 Å². The van der Waals surface area contributed by atoms with Gasteiger partial charge >= 0.3 is 0 Å². The minimum absolute atomic E-state index is 0.0778. The maximum atomic E-state index is 12.8. The molecule has 7 heteroatoms. The molecule has 152 valence electrons. The Kier molecular flexibility index (Phi) is 7.34. The monoisotopic (exact) mass is 412 g/mol. The van der Waals surface area contributed by atoms with E-state index in [-0.39, 0.29) is 12.0 Å². The minimum atomic E-state index is -3.42. The average molecular weight is 413 g/mol. The fraction of sp³-hybridized carbons (Fsp3) is 0.750. The normalized spacial score (nSPS) is 24.9. The zero-order chi connectivity index (χ0) is 19.3. The number of amides is 1. The Morgan fingerprint density at radius 2 is 1.89 bits per heavy atom. The van der Waals surface area contributed by atoms with Crippen LogP contribution in [-0.2, 0) is 14.8 Å². The second-order valence-corrected chi connectivity index (χ2v) is 10.9. The summed E-state index contributed by atoms with van der Waals surface area (Å²) in [4.78, 5) is 14.8. The topological polar surface area (TPSA) is 66.5 Å². The first-order valence-corrected chi connectivity index (χ1v) is 12.7. The van der Waals surface area contributed by atoms with Gasteiger partial charge in [0.15, 0.2) is 0 Å². The lowest BCUT2D eigenvalue weighted by atomic mass is 9.79. The van der Waals surface area contributed by atoms with Crippen LogP contribution < -0.4 is 4.72 Å². The summed E-state index contributed by atoms with van der Waals surface area (Å²) in [7, 11) is -3.42. The standard InChI is InChI=1S/C20H32N2O3S2/c1-2-3-5-16-7-9-17(10-8-16)20(23)22-13-11-18(12-14-22)21-27(24,25)19-6-4-15-26-19/h4,6,15-18,21H,2-3,5,7-14H2,1H3. The van der Waals surface area contributed by atoms with Gasteiger partial charge in [0.05, 0.1) is 0 Å². The van der Waals surface area contributed by atoms with Crippen LogP contribution in [0.3, 0.4) is 0 Å². The summed E-state index contributed by atoms with van der Waals surface area (Å²) in [6.45, 7) is 3.55. The van der Waals surface area contributed by atoms with E-state index in [2.05, 4.69) is 11.6 Å². The summed E-state index contributed by atoms with van der Waals surface area (Å²) in [5, 5.41) is 1.77. The second kappa shape index (κ2) is 9.52. The molecule has 1 aromatic rings. The zero-order valence-electron chi connectivity index (χ0n) is 16.2. The Hall–Kier alpha value is -0.920. The maximum absolute atomic E-state index is 12.8. The molecule has 0 radical (unpaired) electrons. The van der Waals surface area contributed by atoms with Crippen molar-refractivity contribution in [3.05, 3.63) is 17.5 Å². The van der Waals surface area contributed by atoms with Crippen molar-refractivity contribution in [3.63, 3.8) is 0 Å². The van der Waals surface area contributed by atoms with Gasteiger partial charge in [-0.3, -0.25) is 4.79 Å². The molecule has 0 aromatic carbocycles. The molecule has 1 saturated heterocycles. The van der Waals surface area contributed by atoms with Crippen molar-refractivity contribution in [1.82, 2.24) is 9.62 Å². The van der Waals surface area contributed by atoms with E-state index in [1.165, 1.54) is 43.4 Å². The molecule has 0 bridgehead atoms. The lowest BCUT2D eigenvalue weighted by molar-refractivity contribution is -0.138. The lowest BCUT2D eigenvalue weighted by Crippen LogP contribution is -2.48. The van der Waals surface area contributed by atoms with Gasteiger partial charge in [-0.25, -0.2) is 13.1 Å². The van der Waals surface area contributed by atoms with Gasteiger partial charge in [0.2, 0.25) is 15.9 Å². The first kappa shape index (κ1) is 20.8. The number of thiophene rings is 1. The Morgan fingerprint density at radius 1 is 1.19 bits per heavy atom. The number of nitrogens with one attached hydrogen (secondary N) is 1. The van der Waals surface area contributed by atoms with Gasteiger partial charge in [-0.1, -0.05) is 32.3 Å². The van der Waals surface area contributed by atoms with Crippen molar-refractivity contribution >= 4 is 27.3 Å². The van der Waals surface area contributed by atoms with Crippen molar-refractivity contribution in [2.45, 2.75) is 75.0 Å². The SMILES string of the molecule is CCCCC1CCC(C(=O)N2CCC(NS(=O)(=O)c3cccs3)CC2)CC1. The highest BCUT2D eigenvalue weighted by molar-refractivity contribution is 7.91. The number of carbonyl (C=O) groups excluding carboxylic acids is 1. The highest BCUT2D eigenvalue weighted by Crippen LogP contribution is 2.33. The number of rotatable bonds is 7. The van der Waals surface area contributed by atoms with Gasteiger partial charge < -0.3 is 4.90 Å². The Bertz CT molecular complexity index is 687. The van der Waals surface area contributed by atoms with Crippen LogP contribution in [0.2, 0.25) is 0 Å². The highest BCUT2D eigenvalue weighted by Gasteiger charge is 2.32. The molecule has 0 atom stereocenters. The van der Waals surface area contributed by atoms with E-state index in [1.807, 2.05) is 4.90 Å². The molecule has 2 heterocycles. The summed E-state index contributed by atoms with van der Waals surface area (Å²) in [5.41, 5.74) is 0. The Labute approximate surface area is 167 Å². The number of unbranched alkanes of at least 4 members (excludes halogenated alkanes) is 1. The largest absolute Gasteiger partial charge is 0.342 e. The molecular formula is C20H32N2O3S2. The van der Waals surface area contributed by atoms with Crippen molar-refractivity contribution in [2.75, 3.05) is 13.1 Å². The van der Waals surface area contributed by atoms with Crippen LogP contribution in [0, 0.1) is 11.8 Å². The van der Waals surface area contributed by atoms with Crippen LogP contribution in [0.15, 0.2) is 21.7 Å². The Morgan fingerprint density at radius 3 is 2.48 bits per heavy atom. The number of likely N-dealkylation sites (tertiary alicyclic amines) is 1. The van der Waals surface area contributed by atoms with Crippen molar-refractivity contribution in [1.29, 1.82) is 0 Å². The summed E-state index contributed by atoms with van der Waals surface area (Å²) in [5.74, 6) is 1.29. The van der Waals surface area contributed by atoms with E-state index in [0.717, 1.165) is 18.8 Å². The van der Waals surface area contributed by atoms with Gasteiger partial charge in [0.1, 0.15) is 4.21 Å². The second-order valence-electron chi connectivity index (χ2n) is 8.01. The van der Waals surface area contributed by atoms with Gasteiger partial charge in [-0.2, -0.15) is 0 Å². The van der Waals surface area contributed by atoms with Gasteiger partial charge in [-0.05, 0) is 55.9 Å². The predicted molar refractivity (Wildman–Crippen MR) is 109 cm³/mol. The molecule has 3 rings (SSSR count). The van der Waals surface area contributed by atoms with E-state index >= 15 is 0 Å². The summed E-state index contributed by atoms with van der Waals surface area (Å²) in [6, 6.07) is 3.30. The number of carbonyl (C=O) groups is 1. The van der Waals surface area contributed by atoms with E-state index < -0.39 is 10.0 Å². The van der Waals surface area contributed by atoms with Crippen molar-refractivity contribution in [3.8, 4) is 0 Å². The van der Waals surface area contributed by atoms with Crippen LogP contribution >= 0.6 is 11.3 Å². The third kappa shape index (κ3) is 5.55. The van der Waals surface area contributed by atoms with Gasteiger partial charge in [0.25, 0.3) is 0 Å². The molecule has 1 aromatic heterocycles. The van der Waals surface area contributed by atoms with Gasteiger partial charge in [0, 0.05) is 25.0 Å². The molecule has 1 aliphatic heterocycles. The lowest BCUT2D eigenvalue weighted by Gasteiger charge is -2.36. The number of piperidine rings is 1. The van der Waals surface area contributed by atoms with Crippen molar-refractivity contribution < 1.29 is 13.2 Å². The number of sulfonamides is 1. The summed E-state index contributed by atoms with van der Waals surface area (Å²) in [6.07, 6.45) is 9.69. The minimum Gasteiger partial charge on any atom is -0.342 e. The molecule has 27 heavy (non-hydrogen) atoms. The third-order valence-corrected chi connectivity index (χ3v) is 8.97. The average Bonchev–Trinajstić information content (AvgIpc) is 3.22. The van der Waals surface area contributed by atoms with E-state index in [1.54, 1.807) is 17.5 Å². The number of hydrogen-bond donors (Lipinski definition) is 1. The highest BCUT2D eigenvalue weighted by atomic mass is 32.2. The van der Waals surface area contributed by atoms with Crippen LogP contribution in [0.4, 0.5) is 0 Å². The van der Waals surface area contributed by atoms with Crippen LogP contribution in [0.25, 0.3) is 0 Å².